The summed E-state index contributed by atoms with van der Waals surface area (Å²) in [6.45, 7) is 5.53. The first-order valence-corrected chi connectivity index (χ1v) is 8.97. The fourth-order valence-electron chi connectivity index (χ4n) is 2.73. The van der Waals surface area contributed by atoms with Crippen LogP contribution in [0.15, 0.2) is 41.8 Å². The van der Waals surface area contributed by atoms with Crippen molar-refractivity contribution < 1.29 is 0 Å². The van der Waals surface area contributed by atoms with Crippen LogP contribution in [0.5, 0.6) is 0 Å². The minimum atomic E-state index is 0.603. The summed E-state index contributed by atoms with van der Waals surface area (Å²) in [5.41, 5.74) is 2.82. The maximum absolute atomic E-state index is 3.72. The average Bonchev–Trinajstić information content (AvgIpc) is 2.98. The molecule has 0 aliphatic rings. The minimum absolute atomic E-state index is 0.603. The smallest absolute Gasteiger partial charge is 0.0108 e. The topological polar surface area (TPSA) is 12.0 Å². The maximum atomic E-state index is 3.72. The van der Waals surface area contributed by atoms with Gasteiger partial charge in [0.05, 0.1) is 0 Å². The highest BCUT2D eigenvalue weighted by Crippen LogP contribution is 2.15. The molecular weight excluding hydrogens is 274 g/mol. The average molecular weight is 301 g/mol. The van der Waals surface area contributed by atoms with E-state index in [2.05, 4.69) is 60.9 Å². The number of benzene rings is 1. The van der Waals surface area contributed by atoms with Crippen LogP contribution in [-0.4, -0.2) is 12.6 Å². The highest BCUT2D eigenvalue weighted by Gasteiger charge is 2.09. The number of thiophene rings is 1. The van der Waals surface area contributed by atoms with Gasteiger partial charge in [0.25, 0.3) is 0 Å². The minimum Gasteiger partial charge on any atom is -0.314 e. The van der Waals surface area contributed by atoms with E-state index in [0.717, 1.165) is 13.0 Å². The molecule has 0 radical (unpaired) electrons. The molecule has 1 aromatic heterocycles. The predicted molar refractivity (Wildman–Crippen MR) is 94.2 cm³/mol. The molecule has 0 saturated heterocycles. The van der Waals surface area contributed by atoms with E-state index in [0.29, 0.717) is 6.04 Å². The van der Waals surface area contributed by atoms with E-state index in [1.807, 2.05) is 11.3 Å². The molecule has 2 rings (SSSR count). The summed E-state index contributed by atoms with van der Waals surface area (Å²) in [5, 5.41) is 5.90. The van der Waals surface area contributed by atoms with Crippen molar-refractivity contribution in [1.82, 2.24) is 5.32 Å². The van der Waals surface area contributed by atoms with E-state index >= 15 is 0 Å². The normalized spacial score (nSPS) is 12.5. The van der Waals surface area contributed by atoms with Crippen molar-refractivity contribution in [3.8, 4) is 0 Å². The van der Waals surface area contributed by atoms with Crippen molar-refractivity contribution in [2.45, 2.75) is 52.0 Å². The molecule has 0 fully saturated rings. The number of hydrogen-bond donors (Lipinski definition) is 1. The van der Waals surface area contributed by atoms with Crippen molar-refractivity contribution in [1.29, 1.82) is 0 Å². The van der Waals surface area contributed by atoms with Crippen LogP contribution in [0, 0.1) is 6.92 Å². The second-order valence-electron chi connectivity index (χ2n) is 5.82. The van der Waals surface area contributed by atoms with E-state index in [1.165, 1.54) is 41.7 Å². The Morgan fingerprint density at radius 3 is 2.81 bits per heavy atom. The van der Waals surface area contributed by atoms with Gasteiger partial charge in [0, 0.05) is 10.9 Å². The summed E-state index contributed by atoms with van der Waals surface area (Å²) in [6, 6.07) is 13.9. The molecule has 1 aromatic carbocycles. The molecule has 0 saturated carbocycles. The van der Waals surface area contributed by atoms with Crippen LogP contribution in [0.25, 0.3) is 0 Å². The Bertz CT molecular complexity index is 504. The van der Waals surface area contributed by atoms with Crippen LogP contribution in [-0.2, 0) is 12.8 Å². The number of nitrogens with one attached hydrogen (secondary N) is 1. The summed E-state index contributed by atoms with van der Waals surface area (Å²) >= 11 is 1.88. The summed E-state index contributed by atoms with van der Waals surface area (Å²) in [4.78, 5) is 1.51. The fraction of sp³-hybridized carbons (Fsp3) is 0.474. The number of rotatable bonds is 9. The van der Waals surface area contributed by atoms with E-state index < -0.39 is 0 Å². The fourth-order valence-corrected chi connectivity index (χ4v) is 3.48. The zero-order chi connectivity index (χ0) is 14.9. The van der Waals surface area contributed by atoms with Gasteiger partial charge in [-0.05, 0) is 62.6 Å². The van der Waals surface area contributed by atoms with Crippen molar-refractivity contribution in [3.63, 3.8) is 0 Å². The Morgan fingerprint density at radius 1 is 1.19 bits per heavy atom. The Balaban J connectivity index is 1.84. The highest BCUT2D eigenvalue weighted by molar-refractivity contribution is 7.09. The van der Waals surface area contributed by atoms with Gasteiger partial charge in [-0.3, -0.25) is 0 Å². The van der Waals surface area contributed by atoms with Crippen LogP contribution in [0.4, 0.5) is 0 Å². The molecule has 1 N–H and O–H groups in total. The van der Waals surface area contributed by atoms with Crippen molar-refractivity contribution >= 4 is 11.3 Å². The Hall–Kier alpha value is -1.12. The predicted octanol–water partition coefficient (Wildman–Crippen LogP) is 4.99. The molecule has 1 atom stereocenters. The lowest BCUT2D eigenvalue weighted by atomic mass is 9.99. The third-order valence-electron chi connectivity index (χ3n) is 3.80. The molecule has 1 heterocycles. The Labute approximate surface area is 133 Å². The molecule has 1 unspecified atom stereocenters. The van der Waals surface area contributed by atoms with Gasteiger partial charge >= 0.3 is 0 Å². The summed E-state index contributed by atoms with van der Waals surface area (Å²) < 4.78 is 0. The lowest BCUT2D eigenvalue weighted by Crippen LogP contribution is -2.31. The number of hydrogen-bond acceptors (Lipinski definition) is 2. The van der Waals surface area contributed by atoms with E-state index in [1.54, 1.807) is 0 Å². The molecule has 21 heavy (non-hydrogen) atoms. The third-order valence-corrected chi connectivity index (χ3v) is 4.74. The zero-order valence-corrected chi connectivity index (χ0v) is 14.1. The largest absolute Gasteiger partial charge is 0.314 e. The van der Waals surface area contributed by atoms with Gasteiger partial charge in [0.1, 0.15) is 0 Å². The van der Waals surface area contributed by atoms with Crippen molar-refractivity contribution in [2.75, 3.05) is 6.54 Å². The van der Waals surface area contributed by atoms with Gasteiger partial charge in [0.2, 0.25) is 0 Å². The monoisotopic (exact) mass is 301 g/mol. The van der Waals surface area contributed by atoms with Crippen molar-refractivity contribution in [3.05, 3.63) is 57.8 Å². The van der Waals surface area contributed by atoms with Gasteiger partial charge in [-0.1, -0.05) is 42.8 Å². The van der Waals surface area contributed by atoms with E-state index in [-0.39, 0.29) is 0 Å². The first-order chi connectivity index (χ1) is 10.3. The van der Waals surface area contributed by atoms with Crippen LogP contribution in [0.3, 0.4) is 0 Å². The van der Waals surface area contributed by atoms with Crippen LogP contribution >= 0.6 is 11.3 Å². The second kappa shape index (κ2) is 9.01. The number of aryl methyl sites for hydroxylation is 2. The van der Waals surface area contributed by atoms with Gasteiger partial charge in [-0.15, -0.1) is 11.3 Å². The highest BCUT2D eigenvalue weighted by atomic mass is 32.1. The molecule has 1 nitrogen and oxygen atoms in total. The standard InChI is InChI=1S/C19H27NS/c1-3-12-20-18(9-5-10-19-11-6-13-21-19)15-17-8-4-7-16(2)14-17/h4,6-8,11,13-14,18,20H,3,5,9-10,12,15H2,1-2H3. The van der Waals surface area contributed by atoms with Crippen molar-refractivity contribution in [2.24, 2.45) is 0 Å². The molecule has 0 amide bonds. The zero-order valence-electron chi connectivity index (χ0n) is 13.3. The molecule has 0 aliphatic heterocycles. The first kappa shape index (κ1) is 16.3. The summed E-state index contributed by atoms with van der Waals surface area (Å²) in [7, 11) is 0. The maximum Gasteiger partial charge on any atom is 0.0108 e. The van der Waals surface area contributed by atoms with Crippen LogP contribution in [0.2, 0.25) is 0 Å². The molecule has 0 spiro atoms. The molecule has 2 aromatic rings. The summed E-state index contributed by atoms with van der Waals surface area (Å²) in [6.07, 6.45) is 6.09. The molecule has 2 heteroatoms. The molecular formula is C19H27NS. The van der Waals surface area contributed by atoms with E-state index in [9.17, 15) is 0 Å². The molecule has 114 valence electrons. The Morgan fingerprint density at radius 2 is 2.10 bits per heavy atom. The third kappa shape index (κ3) is 6.03. The lowest BCUT2D eigenvalue weighted by Gasteiger charge is -2.19. The van der Waals surface area contributed by atoms with E-state index in [4.69, 9.17) is 0 Å². The lowest BCUT2D eigenvalue weighted by molar-refractivity contribution is 0.465. The second-order valence-corrected chi connectivity index (χ2v) is 6.85. The van der Waals surface area contributed by atoms with Crippen LogP contribution in [0.1, 0.15) is 42.2 Å². The quantitative estimate of drug-likeness (QED) is 0.688. The van der Waals surface area contributed by atoms with Crippen LogP contribution < -0.4 is 5.32 Å². The molecule has 0 bridgehead atoms. The van der Waals surface area contributed by atoms with Gasteiger partial charge < -0.3 is 5.32 Å². The molecule has 0 aliphatic carbocycles. The first-order valence-electron chi connectivity index (χ1n) is 8.09. The van der Waals surface area contributed by atoms with Gasteiger partial charge in [-0.25, -0.2) is 0 Å². The SMILES string of the molecule is CCCNC(CCCc1cccs1)Cc1cccc(C)c1. The van der Waals surface area contributed by atoms with Gasteiger partial charge in [-0.2, -0.15) is 0 Å². The summed E-state index contributed by atoms with van der Waals surface area (Å²) in [5.74, 6) is 0. The van der Waals surface area contributed by atoms with Gasteiger partial charge in [0.15, 0.2) is 0 Å². The Kier molecular flexibility index (Phi) is 6.98.